The Kier molecular flexibility index (Phi) is 4.78. The van der Waals surface area contributed by atoms with Crippen LogP contribution in [0.2, 0.25) is 0 Å². The van der Waals surface area contributed by atoms with E-state index in [1.54, 1.807) is 12.3 Å². The minimum Gasteiger partial charge on any atom is -0.507 e. The number of aromatic hydroxyl groups is 1. The van der Waals surface area contributed by atoms with Crippen molar-refractivity contribution in [3.8, 4) is 17.2 Å². The highest BCUT2D eigenvalue weighted by molar-refractivity contribution is 5.87. The molecule has 1 atom stereocenters. The van der Waals surface area contributed by atoms with Crippen LogP contribution in [0.15, 0.2) is 17.1 Å². The molecule has 1 unspecified atom stereocenters. The second-order valence-electron chi connectivity index (χ2n) is 3.73. The summed E-state index contributed by atoms with van der Waals surface area (Å²) in [6.07, 6.45) is 1.55. The lowest BCUT2D eigenvalue weighted by atomic mass is 10.2. The summed E-state index contributed by atoms with van der Waals surface area (Å²) in [5, 5.41) is 9.82. The number of methoxy groups -OCH3 is 2. The van der Waals surface area contributed by atoms with E-state index >= 15 is 0 Å². The van der Waals surface area contributed by atoms with E-state index in [1.165, 1.54) is 20.3 Å². The van der Waals surface area contributed by atoms with Crippen LogP contribution in [0.5, 0.6) is 17.2 Å². The van der Waals surface area contributed by atoms with Crippen LogP contribution in [0, 0.1) is 0 Å². The van der Waals surface area contributed by atoms with Crippen molar-refractivity contribution in [1.29, 1.82) is 0 Å². The largest absolute Gasteiger partial charge is 0.507 e. The fourth-order valence-corrected chi connectivity index (χ4v) is 1.31. The lowest BCUT2D eigenvalue weighted by Gasteiger charge is -2.09. The Morgan fingerprint density at radius 3 is 2.65 bits per heavy atom. The third-order valence-electron chi connectivity index (χ3n) is 2.16. The Bertz CT molecular complexity index is 403. The molecule has 0 fully saturated rings. The smallest absolute Gasteiger partial charge is 0.135 e. The van der Waals surface area contributed by atoms with Crippen LogP contribution in [0.1, 0.15) is 12.5 Å². The minimum atomic E-state index is -0.0161. The number of aliphatic imine (C=N–C) groups is 1. The molecule has 94 valence electrons. The molecule has 0 aromatic heterocycles. The number of nitrogens with two attached hydrogens (primary N) is 1. The summed E-state index contributed by atoms with van der Waals surface area (Å²) in [4.78, 5) is 4.14. The van der Waals surface area contributed by atoms with E-state index in [2.05, 4.69) is 4.99 Å². The number of rotatable bonds is 5. The molecule has 1 aromatic carbocycles. The highest BCUT2D eigenvalue weighted by Crippen LogP contribution is 2.31. The first-order valence-corrected chi connectivity index (χ1v) is 5.29. The first-order valence-electron chi connectivity index (χ1n) is 5.29. The molecule has 0 aliphatic carbocycles. The van der Waals surface area contributed by atoms with Crippen LogP contribution in [0.4, 0.5) is 0 Å². The van der Waals surface area contributed by atoms with E-state index in [0.717, 1.165) is 0 Å². The monoisotopic (exact) mass is 238 g/mol. The van der Waals surface area contributed by atoms with Gasteiger partial charge in [-0.05, 0) is 6.92 Å². The van der Waals surface area contributed by atoms with Gasteiger partial charge in [-0.15, -0.1) is 0 Å². The van der Waals surface area contributed by atoms with Crippen molar-refractivity contribution >= 4 is 6.21 Å². The Hall–Kier alpha value is -1.75. The SMILES string of the molecule is COc1cc(O)c(C=NCC(C)N)c(OC)c1. The number of ether oxygens (including phenoxy) is 2. The molecule has 0 amide bonds. The number of hydrogen-bond donors (Lipinski definition) is 2. The van der Waals surface area contributed by atoms with Gasteiger partial charge in [0, 0.05) is 24.4 Å². The Balaban J connectivity index is 3.01. The van der Waals surface area contributed by atoms with E-state index in [4.69, 9.17) is 15.2 Å². The van der Waals surface area contributed by atoms with Gasteiger partial charge in [0.15, 0.2) is 0 Å². The number of benzene rings is 1. The predicted molar refractivity (Wildman–Crippen MR) is 67.3 cm³/mol. The van der Waals surface area contributed by atoms with Crippen LogP contribution in [-0.2, 0) is 0 Å². The lowest BCUT2D eigenvalue weighted by Crippen LogP contribution is -2.18. The molecule has 17 heavy (non-hydrogen) atoms. The van der Waals surface area contributed by atoms with Gasteiger partial charge >= 0.3 is 0 Å². The molecule has 1 aromatic rings. The highest BCUT2D eigenvalue weighted by Gasteiger charge is 2.09. The molecular weight excluding hydrogens is 220 g/mol. The van der Waals surface area contributed by atoms with Crippen LogP contribution < -0.4 is 15.2 Å². The molecule has 1 rings (SSSR count). The Morgan fingerprint density at radius 2 is 2.12 bits per heavy atom. The summed E-state index contributed by atoms with van der Waals surface area (Å²) in [5.41, 5.74) is 6.11. The molecule has 0 radical (unpaired) electrons. The average Bonchev–Trinajstić information content (AvgIpc) is 2.30. The second-order valence-corrected chi connectivity index (χ2v) is 3.73. The van der Waals surface area contributed by atoms with E-state index in [-0.39, 0.29) is 11.8 Å². The fourth-order valence-electron chi connectivity index (χ4n) is 1.31. The summed E-state index contributed by atoms with van der Waals surface area (Å²) in [6, 6.07) is 3.18. The Labute approximate surface area is 101 Å². The van der Waals surface area contributed by atoms with Gasteiger partial charge in [0.25, 0.3) is 0 Å². The molecule has 0 spiro atoms. The van der Waals surface area contributed by atoms with Gasteiger partial charge in [-0.25, -0.2) is 0 Å². The third kappa shape index (κ3) is 3.64. The maximum atomic E-state index is 9.82. The predicted octanol–water partition coefficient (Wildman–Crippen LogP) is 1.18. The number of hydrogen-bond acceptors (Lipinski definition) is 5. The van der Waals surface area contributed by atoms with E-state index < -0.39 is 0 Å². The molecule has 0 aliphatic rings. The van der Waals surface area contributed by atoms with Crippen LogP contribution in [-0.4, -0.2) is 38.1 Å². The zero-order chi connectivity index (χ0) is 12.8. The quantitative estimate of drug-likeness (QED) is 0.755. The first-order chi connectivity index (χ1) is 8.08. The topological polar surface area (TPSA) is 77.1 Å². The summed E-state index contributed by atoms with van der Waals surface area (Å²) in [5.74, 6) is 1.11. The van der Waals surface area contributed by atoms with Gasteiger partial charge in [0.2, 0.25) is 0 Å². The van der Waals surface area contributed by atoms with Gasteiger partial charge in [0.1, 0.15) is 17.2 Å². The zero-order valence-electron chi connectivity index (χ0n) is 10.3. The third-order valence-corrected chi connectivity index (χ3v) is 2.16. The van der Waals surface area contributed by atoms with Crippen LogP contribution in [0.25, 0.3) is 0 Å². The molecule has 0 heterocycles. The Morgan fingerprint density at radius 1 is 1.41 bits per heavy atom. The van der Waals surface area contributed by atoms with Gasteiger partial charge in [-0.3, -0.25) is 4.99 Å². The van der Waals surface area contributed by atoms with Gasteiger partial charge in [-0.1, -0.05) is 0 Å². The van der Waals surface area contributed by atoms with Crippen molar-refractivity contribution in [2.75, 3.05) is 20.8 Å². The normalized spacial score (nSPS) is 12.7. The standard InChI is InChI=1S/C12H18N2O3/c1-8(13)6-14-7-10-11(15)4-9(16-2)5-12(10)17-3/h4-5,7-8,15H,6,13H2,1-3H3. The van der Waals surface area contributed by atoms with Crippen molar-refractivity contribution in [3.63, 3.8) is 0 Å². The maximum Gasteiger partial charge on any atom is 0.135 e. The molecule has 0 saturated heterocycles. The maximum absolute atomic E-state index is 9.82. The highest BCUT2D eigenvalue weighted by atomic mass is 16.5. The minimum absolute atomic E-state index is 0.0161. The van der Waals surface area contributed by atoms with Crippen molar-refractivity contribution in [2.24, 2.45) is 10.7 Å². The van der Waals surface area contributed by atoms with Crippen molar-refractivity contribution < 1.29 is 14.6 Å². The molecule has 0 saturated carbocycles. The van der Waals surface area contributed by atoms with E-state index in [1.807, 2.05) is 6.92 Å². The molecule has 0 aliphatic heterocycles. The second kappa shape index (κ2) is 6.10. The summed E-state index contributed by atoms with van der Waals surface area (Å²) < 4.78 is 10.2. The molecule has 5 heteroatoms. The van der Waals surface area contributed by atoms with E-state index in [9.17, 15) is 5.11 Å². The zero-order valence-corrected chi connectivity index (χ0v) is 10.3. The summed E-state index contributed by atoms with van der Waals surface area (Å²) >= 11 is 0. The summed E-state index contributed by atoms with van der Waals surface area (Å²) in [7, 11) is 3.05. The molecule has 0 bridgehead atoms. The average molecular weight is 238 g/mol. The van der Waals surface area contributed by atoms with Crippen LogP contribution >= 0.6 is 0 Å². The van der Waals surface area contributed by atoms with Crippen LogP contribution in [0.3, 0.4) is 0 Å². The number of nitrogens with zero attached hydrogens (tertiary/aromatic N) is 1. The van der Waals surface area contributed by atoms with Crippen molar-refractivity contribution in [2.45, 2.75) is 13.0 Å². The number of phenolic OH excluding ortho intramolecular Hbond substituents is 1. The van der Waals surface area contributed by atoms with E-state index in [0.29, 0.717) is 23.6 Å². The first kappa shape index (κ1) is 13.3. The number of phenols is 1. The van der Waals surface area contributed by atoms with Crippen molar-refractivity contribution in [1.82, 2.24) is 0 Å². The van der Waals surface area contributed by atoms with Gasteiger partial charge in [-0.2, -0.15) is 0 Å². The van der Waals surface area contributed by atoms with Gasteiger partial charge < -0.3 is 20.3 Å². The lowest BCUT2D eigenvalue weighted by molar-refractivity contribution is 0.384. The molecule has 3 N–H and O–H groups in total. The molecular formula is C12H18N2O3. The van der Waals surface area contributed by atoms with Crippen molar-refractivity contribution in [3.05, 3.63) is 17.7 Å². The molecule has 5 nitrogen and oxygen atoms in total. The van der Waals surface area contributed by atoms with Gasteiger partial charge in [0.05, 0.1) is 26.3 Å². The summed E-state index contributed by atoms with van der Waals surface area (Å²) in [6.45, 7) is 2.36. The fraction of sp³-hybridized carbons (Fsp3) is 0.417.